The van der Waals surface area contributed by atoms with Crippen LogP contribution in [0.3, 0.4) is 0 Å². The fraction of sp³-hybridized carbons (Fsp3) is 1.00. The second kappa shape index (κ2) is 5.83. The van der Waals surface area contributed by atoms with Crippen LogP contribution >= 0.6 is 0 Å². The minimum Gasteiger partial charge on any atom is -0.396 e. The van der Waals surface area contributed by atoms with Crippen molar-refractivity contribution in [3.05, 3.63) is 0 Å². The lowest BCUT2D eigenvalue weighted by atomic mass is 9.82. The molecule has 1 heterocycles. The van der Waals surface area contributed by atoms with Gasteiger partial charge in [0.15, 0.2) is 0 Å². The molecule has 0 aromatic rings. The Hall–Kier alpha value is -0.120. The number of aliphatic hydroxyl groups is 2. The first-order valence-electron chi connectivity index (χ1n) is 6.17. The van der Waals surface area contributed by atoms with Gasteiger partial charge < -0.3 is 15.1 Å². The fourth-order valence-electron chi connectivity index (χ4n) is 2.30. The van der Waals surface area contributed by atoms with Crippen molar-refractivity contribution in [2.45, 2.75) is 45.6 Å². The molecule has 0 atom stereocenters. The smallest absolute Gasteiger partial charge is 0.0564 e. The Morgan fingerprint density at radius 1 is 1.20 bits per heavy atom. The van der Waals surface area contributed by atoms with Gasteiger partial charge in [0, 0.05) is 31.7 Å². The zero-order valence-corrected chi connectivity index (χ0v) is 10.1. The van der Waals surface area contributed by atoms with E-state index in [0.29, 0.717) is 0 Å². The predicted octanol–water partition coefficient (Wildman–Crippen LogP) is 1.24. The van der Waals surface area contributed by atoms with E-state index in [9.17, 15) is 10.2 Å². The molecule has 90 valence electrons. The van der Waals surface area contributed by atoms with Gasteiger partial charge in [0.05, 0.1) is 6.10 Å². The van der Waals surface area contributed by atoms with Crippen LogP contribution < -0.4 is 0 Å². The minimum atomic E-state index is -0.104. The highest BCUT2D eigenvalue weighted by Gasteiger charge is 2.29. The maximum atomic E-state index is 9.48. The molecule has 0 amide bonds. The van der Waals surface area contributed by atoms with Gasteiger partial charge in [0.25, 0.3) is 0 Å². The highest BCUT2D eigenvalue weighted by molar-refractivity contribution is 4.82. The molecule has 2 N–H and O–H groups in total. The summed E-state index contributed by atoms with van der Waals surface area (Å²) in [7, 11) is 0. The molecule has 0 aromatic heterocycles. The quantitative estimate of drug-likeness (QED) is 0.725. The molecule has 1 fully saturated rings. The lowest BCUT2D eigenvalue weighted by Gasteiger charge is -2.38. The van der Waals surface area contributed by atoms with Crippen molar-refractivity contribution >= 4 is 0 Å². The molecular weight excluding hydrogens is 190 g/mol. The molecule has 0 aromatic carbocycles. The summed E-state index contributed by atoms with van der Waals surface area (Å²) in [5.74, 6) is 0. The zero-order chi connectivity index (χ0) is 11.3. The van der Waals surface area contributed by atoms with Gasteiger partial charge in [-0.15, -0.1) is 0 Å². The Morgan fingerprint density at radius 3 is 2.13 bits per heavy atom. The molecule has 0 spiro atoms. The molecule has 1 aliphatic rings. The molecule has 1 saturated heterocycles. The summed E-state index contributed by atoms with van der Waals surface area (Å²) in [5, 5.41) is 18.9. The van der Waals surface area contributed by atoms with E-state index in [2.05, 4.69) is 18.7 Å². The van der Waals surface area contributed by atoms with Crippen LogP contribution in [0.1, 0.15) is 39.5 Å². The molecule has 0 saturated carbocycles. The summed E-state index contributed by atoms with van der Waals surface area (Å²) < 4.78 is 0. The van der Waals surface area contributed by atoms with Gasteiger partial charge in [-0.2, -0.15) is 0 Å². The normalized spacial score (nSPS) is 20.8. The van der Waals surface area contributed by atoms with Crippen molar-refractivity contribution in [3.8, 4) is 0 Å². The molecule has 0 unspecified atom stereocenters. The Morgan fingerprint density at radius 2 is 1.73 bits per heavy atom. The zero-order valence-electron chi connectivity index (χ0n) is 10.1. The first-order chi connectivity index (χ1) is 7.15. The number of hydrogen-bond acceptors (Lipinski definition) is 3. The van der Waals surface area contributed by atoms with Crippen molar-refractivity contribution in [2.75, 3.05) is 26.2 Å². The summed E-state index contributed by atoms with van der Waals surface area (Å²) in [6.07, 6.45) is 3.72. The monoisotopic (exact) mass is 215 g/mol. The molecular formula is C12H25NO2. The van der Waals surface area contributed by atoms with Gasteiger partial charge in [-0.25, -0.2) is 0 Å². The molecule has 0 bridgehead atoms. The van der Waals surface area contributed by atoms with E-state index in [1.54, 1.807) is 0 Å². The number of likely N-dealkylation sites (tertiary alicyclic amines) is 1. The summed E-state index contributed by atoms with van der Waals surface area (Å²) in [4.78, 5) is 2.38. The molecule has 0 radical (unpaired) electrons. The van der Waals surface area contributed by atoms with Gasteiger partial charge in [-0.1, -0.05) is 13.8 Å². The topological polar surface area (TPSA) is 43.7 Å². The highest BCUT2D eigenvalue weighted by Crippen LogP contribution is 2.28. The van der Waals surface area contributed by atoms with Crippen molar-refractivity contribution in [1.29, 1.82) is 0 Å². The van der Waals surface area contributed by atoms with E-state index in [1.165, 1.54) is 0 Å². The Balaban J connectivity index is 2.44. The SMILES string of the molecule is CCC(CC)(CO)CN1CCC(O)CC1. The summed E-state index contributed by atoms with van der Waals surface area (Å²) in [6.45, 7) is 7.51. The van der Waals surface area contributed by atoms with Crippen LogP contribution in [-0.4, -0.2) is 47.5 Å². The van der Waals surface area contributed by atoms with Gasteiger partial charge in [0.2, 0.25) is 0 Å². The fourth-order valence-corrected chi connectivity index (χ4v) is 2.30. The average molecular weight is 215 g/mol. The minimum absolute atomic E-state index is 0.0717. The molecule has 0 aliphatic carbocycles. The third-order valence-corrected chi connectivity index (χ3v) is 3.95. The highest BCUT2D eigenvalue weighted by atomic mass is 16.3. The van der Waals surface area contributed by atoms with Gasteiger partial charge in [-0.3, -0.25) is 0 Å². The second-order valence-corrected chi connectivity index (χ2v) is 4.87. The van der Waals surface area contributed by atoms with Crippen molar-refractivity contribution in [3.63, 3.8) is 0 Å². The number of aliphatic hydroxyl groups excluding tert-OH is 2. The maximum Gasteiger partial charge on any atom is 0.0564 e. The number of rotatable bonds is 5. The van der Waals surface area contributed by atoms with E-state index in [4.69, 9.17) is 0 Å². The van der Waals surface area contributed by atoms with E-state index >= 15 is 0 Å². The van der Waals surface area contributed by atoms with Gasteiger partial charge >= 0.3 is 0 Å². The first kappa shape index (κ1) is 12.9. The summed E-state index contributed by atoms with van der Waals surface area (Å²) in [5.41, 5.74) is 0.0717. The molecule has 15 heavy (non-hydrogen) atoms. The standard InChI is InChI=1S/C12H25NO2/c1-3-12(4-2,10-14)9-13-7-5-11(15)6-8-13/h11,14-15H,3-10H2,1-2H3. The number of hydrogen-bond donors (Lipinski definition) is 2. The third kappa shape index (κ3) is 3.44. The van der Waals surface area contributed by atoms with Crippen molar-refractivity contribution < 1.29 is 10.2 Å². The Bertz CT molecular complexity index is 164. The Labute approximate surface area is 93.1 Å². The molecule has 1 rings (SSSR count). The van der Waals surface area contributed by atoms with Crippen LogP contribution in [0.5, 0.6) is 0 Å². The van der Waals surface area contributed by atoms with Crippen LogP contribution in [-0.2, 0) is 0 Å². The van der Waals surface area contributed by atoms with E-state index in [1.807, 2.05) is 0 Å². The van der Waals surface area contributed by atoms with Crippen molar-refractivity contribution in [2.24, 2.45) is 5.41 Å². The number of nitrogens with zero attached hydrogens (tertiary/aromatic N) is 1. The molecule has 3 heteroatoms. The average Bonchev–Trinajstić information content (AvgIpc) is 2.29. The van der Waals surface area contributed by atoms with Gasteiger partial charge in [0.1, 0.15) is 0 Å². The third-order valence-electron chi connectivity index (χ3n) is 3.95. The van der Waals surface area contributed by atoms with Crippen LogP contribution in [0.15, 0.2) is 0 Å². The predicted molar refractivity (Wildman–Crippen MR) is 61.8 cm³/mol. The van der Waals surface area contributed by atoms with E-state index in [0.717, 1.165) is 45.3 Å². The lowest BCUT2D eigenvalue weighted by molar-refractivity contribution is 0.0283. The largest absolute Gasteiger partial charge is 0.396 e. The van der Waals surface area contributed by atoms with E-state index < -0.39 is 0 Å². The summed E-state index contributed by atoms with van der Waals surface area (Å²) >= 11 is 0. The van der Waals surface area contributed by atoms with E-state index in [-0.39, 0.29) is 18.1 Å². The Kier molecular flexibility index (Phi) is 5.03. The summed E-state index contributed by atoms with van der Waals surface area (Å²) in [6, 6.07) is 0. The van der Waals surface area contributed by atoms with Gasteiger partial charge in [-0.05, 0) is 25.7 Å². The van der Waals surface area contributed by atoms with Crippen molar-refractivity contribution in [1.82, 2.24) is 4.90 Å². The molecule has 1 aliphatic heterocycles. The second-order valence-electron chi connectivity index (χ2n) is 4.87. The molecule has 3 nitrogen and oxygen atoms in total. The lowest BCUT2D eigenvalue weighted by Crippen LogP contribution is -2.44. The van der Waals surface area contributed by atoms with Crippen LogP contribution in [0.25, 0.3) is 0 Å². The number of piperidine rings is 1. The van der Waals surface area contributed by atoms with Crippen LogP contribution in [0, 0.1) is 5.41 Å². The maximum absolute atomic E-state index is 9.48. The van der Waals surface area contributed by atoms with Crippen LogP contribution in [0.4, 0.5) is 0 Å². The first-order valence-corrected chi connectivity index (χ1v) is 6.17. The van der Waals surface area contributed by atoms with Crippen LogP contribution in [0.2, 0.25) is 0 Å².